The molecule has 1 atom stereocenters. The number of alkyl carbamates (subject to hydrolysis) is 1. The Morgan fingerprint density at radius 2 is 1.46 bits per heavy atom. The summed E-state index contributed by atoms with van der Waals surface area (Å²) in [5.41, 5.74) is 1.28. The highest BCUT2D eigenvalue weighted by molar-refractivity contribution is 5.86. The van der Waals surface area contributed by atoms with Gasteiger partial charge in [-0.3, -0.25) is 4.79 Å². The van der Waals surface area contributed by atoms with Crippen molar-refractivity contribution < 1.29 is 23.9 Å². The van der Waals surface area contributed by atoms with E-state index in [-0.39, 0.29) is 24.5 Å². The van der Waals surface area contributed by atoms with Gasteiger partial charge in [0.25, 0.3) is 0 Å². The van der Waals surface area contributed by atoms with Crippen molar-refractivity contribution in [3.05, 3.63) is 71.8 Å². The lowest BCUT2D eigenvalue weighted by Crippen LogP contribution is -2.47. The highest BCUT2D eigenvalue weighted by atomic mass is 16.6. The van der Waals surface area contributed by atoms with E-state index in [1.54, 1.807) is 0 Å². The number of amides is 2. The topological polar surface area (TPSA) is 93.7 Å². The fourth-order valence-corrected chi connectivity index (χ4v) is 4.14. The Hall–Kier alpha value is -3.35. The molecule has 1 aliphatic rings. The number of hydrogen-bond acceptors (Lipinski definition) is 5. The summed E-state index contributed by atoms with van der Waals surface area (Å²) in [6.45, 7) is 5.63. The number of benzene rings is 2. The van der Waals surface area contributed by atoms with Gasteiger partial charge in [-0.2, -0.15) is 0 Å². The van der Waals surface area contributed by atoms with E-state index in [9.17, 15) is 14.4 Å². The van der Waals surface area contributed by atoms with E-state index in [0.717, 1.165) is 11.1 Å². The molecule has 0 radical (unpaired) electrons. The Balaban J connectivity index is 1.55. The van der Waals surface area contributed by atoms with Crippen LogP contribution in [0.5, 0.6) is 0 Å². The number of carbonyl (C=O) groups is 3. The maximum atomic E-state index is 13.1. The number of hydrogen-bond donors (Lipinski definition) is 2. The lowest BCUT2D eigenvalue weighted by Gasteiger charge is -2.30. The van der Waals surface area contributed by atoms with Crippen LogP contribution in [-0.4, -0.2) is 35.7 Å². The quantitative estimate of drug-likeness (QED) is 0.541. The number of carbonyl (C=O) groups excluding carboxylic acids is 3. The van der Waals surface area contributed by atoms with Crippen LogP contribution in [0.25, 0.3) is 0 Å². The first kappa shape index (κ1) is 26.3. The van der Waals surface area contributed by atoms with Crippen LogP contribution < -0.4 is 10.6 Å². The van der Waals surface area contributed by atoms with Crippen LogP contribution in [0.1, 0.15) is 57.6 Å². The molecular formula is C28H36N2O5. The monoisotopic (exact) mass is 480 g/mol. The maximum absolute atomic E-state index is 13.1. The van der Waals surface area contributed by atoms with E-state index in [1.165, 1.54) is 0 Å². The van der Waals surface area contributed by atoms with Crippen molar-refractivity contribution in [2.24, 2.45) is 5.92 Å². The number of rotatable bonds is 8. The first-order chi connectivity index (χ1) is 16.7. The molecular weight excluding hydrogens is 444 g/mol. The molecule has 2 aromatic carbocycles. The molecule has 0 heterocycles. The molecule has 1 fully saturated rings. The fraction of sp³-hybridized carbons (Fsp3) is 0.464. The minimum Gasteiger partial charge on any atom is -0.459 e. The molecule has 7 heteroatoms. The van der Waals surface area contributed by atoms with E-state index in [0.29, 0.717) is 32.1 Å². The largest absolute Gasteiger partial charge is 0.459 e. The predicted molar refractivity (Wildman–Crippen MR) is 133 cm³/mol. The summed E-state index contributed by atoms with van der Waals surface area (Å²) in [4.78, 5) is 38.0. The van der Waals surface area contributed by atoms with Crippen LogP contribution in [-0.2, 0) is 32.1 Å². The van der Waals surface area contributed by atoms with Gasteiger partial charge in [0.05, 0.1) is 0 Å². The minimum absolute atomic E-state index is 0.0233. The molecule has 2 N–H and O–H groups in total. The SMILES string of the molecule is CC(C)(C)OC(=O)N[C@H]1CC[C@H](C(=O)N[C@@H](Cc2ccccc2)C(=O)OCc2ccccc2)CC1. The smallest absolute Gasteiger partial charge is 0.407 e. The van der Waals surface area contributed by atoms with Crippen molar-refractivity contribution in [3.8, 4) is 0 Å². The number of nitrogens with one attached hydrogen (secondary N) is 2. The Morgan fingerprint density at radius 3 is 2.03 bits per heavy atom. The van der Waals surface area contributed by atoms with E-state index >= 15 is 0 Å². The van der Waals surface area contributed by atoms with Gasteiger partial charge in [-0.25, -0.2) is 9.59 Å². The second-order valence-corrected chi connectivity index (χ2v) is 10.0. The molecule has 1 aliphatic carbocycles. The third kappa shape index (κ3) is 9.08. The normalized spacial score (nSPS) is 18.7. The summed E-state index contributed by atoms with van der Waals surface area (Å²) in [5.74, 6) is -0.823. The summed E-state index contributed by atoms with van der Waals surface area (Å²) in [6, 6.07) is 18.2. The fourth-order valence-electron chi connectivity index (χ4n) is 4.14. The molecule has 188 valence electrons. The van der Waals surface area contributed by atoms with E-state index in [1.807, 2.05) is 81.4 Å². The Morgan fingerprint density at radius 1 is 0.886 bits per heavy atom. The van der Waals surface area contributed by atoms with Crippen LogP contribution in [0.2, 0.25) is 0 Å². The van der Waals surface area contributed by atoms with Crippen LogP contribution in [0, 0.1) is 5.92 Å². The molecule has 2 aromatic rings. The van der Waals surface area contributed by atoms with Crippen LogP contribution in [0.4, 0.5) is 4.79 Å². The maximum Gasteiger partial charge on any atom is 0.407 e. The highest BCUT2D eigenvalue weighted by Gasteiger charge is 2.31. The Labute approximate surface area is 207 Å². The average molecular weight is 481 g/mol. The lowest BCUT2D eigenvalue weighted by atomic mass is 9.85. The molecule has 0 aliphatic heterocycles. The van der Waals surface area contributed by atoms with Crippen LogP contribution in [0.15, 0.2) is 60.7 Å². The molecule has 35 heavy (non-hydrogen) atoms. The lowest BCUT2D eigenvalue weighted by molar-refractivity contribution is -0.149. The zero-order valence-corrected chi connectivity index (χ0v) is 20.8. The second kappa shape index (κ2) is 12.4. The first-order valence-corrected chi connectivity index (χ1v) is 12.2. The first-order valence-electron chi connectivity index (χ1n) is 12.2. The highest BCUT2D eigenvalue weighted by Crippen LogP contribution is 2.25. The molecule has 0 saturated heterocycles. The standard InChI is InChI=1S/C28H36N2O5/c1-28(2,3)35-27(33)29-23-16-14-22(15-17-23)25(31)30-24(18-20-10-6-4-7-11-20)26(32)34-19-21-12-8-5-9-13-21/h4-13,22-24H,14-19H2,1-3H3,(H,29,33)(H,30,31)/t22-,23-,24-/m0/s1. The van der Waals surface area contributed by atoms with Gasteiger partial charge >= 0.3 is 12.1 Å². The van der Waals surface area contributed by atoms with Crippen molar-refractivity contribution in [1.29, 1.82) is 0 Å². The molecule has 0 bridgehead atoms. The van der Waals surface area contributed by atoms with E-state index in [4.69, 9.17) is 9.47 Å². The summed E-state index contributed by atoms with van der Waals surface area (Å²) in [7, 11) is 0. The summed E-state index contributed by atoms with van der Waals surface area (Å²) in [5, 5.41) is 5.82. The average Bonchev–Trinajstić information content (AvgIpc) is 2.82. The van der Waals surface area contributed by atoms with Crippen LogP contribution in [0.3, 0.4) is 0 Å². The molecule has 2 amide bonds. The van der Waals surface area contributed by atoms with Crippen molar-refractivity contribution in [1.82, 2.24) is 10.6 Å². The minimum atomic E-state index is -0.772. The van der Waals surface area contributed by atoms with Crippen molar-refractivity contribution in [2.75, 3.05) is 0 Å². The zero-order chi connectivity index (χ0) is 25.3. The molecule has 3 rings (SSSR count). The molecule has 0 spiro atoms. The van der Waals surface area contributed by atoms with Gasteiger partial charge in [-0.05, 0) is 57.6 Å². The van der Waals surface area contributed by atoms with E-state index in [2.05, 4.69) is 10.6 Å². The Bertz CT molecular complexity index is 964. The van der Waals surface area contributed by atoms with E-state index < -0.39 is 23.7 Å². The summed E-state index contributed by atoms with van der Waals surface area (Å²) >= 11 is 0. The van der Waals surface area contributed by atoms with Crippen molar-refractivity contribution in [3.63, 3.8) is 0 Å². The van der Waals surface area contributed by atoms with Gasteiger partial charge < -0.3 is 20.1 Å². The summed E-state index contributed by atoms with van der Waals surface area (Å²) < 4.78 is 10.9. The molecule has 0 aromatic heterocycles. The van der Waals surface area contributed by atoms with Gasteiger partial charge in [0.1, 0.15) is 18.2 Å². The Kier molecular flexibility index (Phi) is 9.29. The van der Waals surface area contributed by atoms with Gasteiger partial charge in [-0.15, -0.1) is 0 Å². The van der Waals surface area contributed by atoms with Gasteiger partial charge in [0, 0.05) is 18.4 Å². The summed E-state index contributed by atoms with van der Waals surface area (Å²) in [6.07, 6.45) is 2.54. The molecule has 0 unspecified atom stereocenters. The zero-order valence-electron chi connectivity index (χ0n) is 20.8. The third-order valence-corrected chi connectivity index (χ3v) is 5.93. The number of ether oxygens (including phenoxy) is 2. The van der Waals surface area contributed by atoms with Crippen molar-refractivity contribution in [2.45, 2.75) is 77.2 Å². The van der Waals surface area contributed by atoms with Crippen molar-refractivity contribution >= 4 is 18.0 Å². The number of esters is 1. The van der Waals surface area contributed by atoms with Crippen LogP contribution >= 0.6 is 0 Å². The van der Waals surface area contributed by atoms with Gasteiger partial charge in [0.15, 0.2) is 0 Å². The third-order valence-electron chi connectivity index (χ3n) is 5.93. The second-order valence-electron chi connectivity index (χ2n) is 10.0. The molecule has 1 saturated carbocycles. The predicted octanol–water partition coefficient (Wildman–Crippen LogP) is 4.54. The van der Waals surface area contributed by atoms with Gasteiger partial charge in [-0.1, -0.05) is 60.7 Å². The molecule has 7 nitrogen and oxygen atoms in total. The van der Waals surface area contributed by atoms with Gasteiger partial charge in [0.2, 0.25) is 5.91 Å².